The predicted octanol–water partition coefficient (Wildman–Crippen LogP) is 0.239. The lowest BCUT2D eigenvalue weighted by Crippen LogP contribution is -3.00. The minimum Gasteiger partial charge on any atom is -1.00 e. The normalized spacial score (nSPS) is 19.7. The number of nitrogens with zero attached hydrogens (tertiary/aromatic N) is 1. The largest absolute Gasteiger partial charge is 1.00 e. The Bertz CT molecular complexity index is 465. The van der Waals surface area contributed by atoms with Crippen molar-refractivity contribution in [3.05, 3.63) is 35.4 Å². The minimum absolute atomic E-state index is 0. The fraction of sp³-hybridized carbons (Fsp3) is 0.588. The molecule has 0 aromatic heterocycles. The zero-order chi connectivity index (χ0) is 14.8. The van der Waals surface area contributed by atoms with E-state index in [1.165, 1.54) is 5.56 Å². The molecule has 1 aromatic carbocycles. The van der Waals surface area contributed by atoms with Gasteiger partial charge in [0.2, 0.25) is 0 Å². The van der Waals surface area contributed by atoms with Crippen molar-refractivity contribution in [2.75, 3.05) is 20.1 Å². The van der Waals surface area contributed by atoms with E-state index in [1.807, 2.05) is 24.3 Å². The fourth-order valence-electron chi connectivity index (χ4n) is 2.54. The van der Waals surface area contributed by atoms with Crippen molar-refractivity contribution < 1.29 is 21.9 Å². The third-order valence-corrected chi connectivity index (χ3v) is 3.84. The van der Waals surface area contributed by atoms with Crippen LogP contribution in [0.15, 0.2) is 24.3 Å². The molecule has 0 bridgehead atoms. The monoisotopic (exact) mass is 310 g/mol. The average molecular weight is 311 g/mol. The van der Waals surface area contributed by atoms with Gasteiger partial charge in [0.15, 0.2) is 0 Å². The van der Waals surface area contributed by atoms with E-state index in [0.29, 0.717) is 5.56 Å². The zero-order valence-corrected chi connectivity index (χ0v) is 14.1. The van der Waals surface area contributed by atoms with Crippen LogP contribution in [0.2, 0.25) is 0 Å². The van der Waals surface area contributed by atoms with E-state index >= 15 is 0 Å². The molecule has 1 atom stereocenters. The molecule has 1 unspecified atom stereocenters. The van der Waals surface area contributed by atoms with Gasteiger partial charge >= 0.3 is 5.97 Å². The first-order valence-corrected chi connectivity index (χ1v) is 7.36. The summed E-state index contributed by atoms with van der Waals surface area (Å²) < 4.78 is 5.59. The number of piperidine rings is 1. The highest BCUT2D eigenvalue weighted by Crippen LogP contribution is 2.22. The predicted molar refractivity (Wildman–Crippen MR) is 81.1 cm³/mol. The van der Waals surface area contributed by atoms with Gasteiger partial charge in [-0.25, -0.2) is 4.79 Å². The number of ether oxygens (including phenoxy) is 1. The average Bonchev–Trinajstić information content (AvgIpc) is 2.38. The molecule has 1 aliphatic heterocycles. The minimum atomic E-state index is -0.203. The number of carbonyl (C=O) groups is 1. The molecule has 4 heteroatoms. The summed E-state index contributed by atoms with van der Waals surface area (Å²) in [7, 11) is 2.07. The van der Waals surface area contributed by atoms with Gasteiger partial charge in [-0.3, -0.25) is 0 Å². The van der Waals surface area contributed by atoms with Crippen LogP contribution in [0.25, 0.3) is 0 Å². The molecule has 0 N–H and O–H groups in total. The van der Waals surface area contributed by atoms with Crippen LogP contribution in [-0.2, 0) is 10.2 Å². The van der Waals surface area contributed by atoms with Gasteiger partial charge in [-0.1, -0.05) is 32.9 Å². The first kappa shape index (κ1) is 18.0. The molecule has 1 saturated heterocycles. The Balaban J connectivity index is 0.00000220. The number of halogens is 1. The molecule has 0 saturated carbocycles. The Hall–Kier alpha value is -1.06. The Labute approximate surface area is 134 Å². The molecule has 1 aromatic rings. The first-order valence-electron chi connectivity index (χ1n) is 7.36. The van der Waals surface area contributed by atoms with Gasteiger partial charge in [0, 0.05) is 6.54 Å². The number of esters is 1. The van der Waals surface area contributed by atoms with Crippen LogP contribution in [0, 0.1) is 0 Å². The number of hydrogen-bond acceptors (Lipinski definition) is 3. The van der Waals surface area contributed by atoms with Crippen LogP contribution in [0.4, 0.5) is 0 Å². The van der Waals surface area contributed by atoms with E-state index in [2.05, 4.69) is 32.7 Å². The molecule has 0 amide bonds. The maximum absolute atomic E-state index is 12.1. The maximum Gasteiger partial charge on any atom is 0.338 e. The van der Waals surface area contributed by atoms with Crippen molar-refractivity contribution in [1.29, 1.82) is 0 Å². The molecule has 0 radical (unpaired) electrons. The third-order valence-electron chi connectivity index (χ3n) is 3.84. The summed E-state index contributed by atoms with van der Waals surface area (Å²) in [6, 6.07) is 7.78. The van der Waals surface area contributed by atoms with Crippen molar-refractivity contribution in [3.8, 4) is 0 Å². The van der Waals surface area contributed by atoms with Crippen LogP contribution >= 0.6 is 0 Å². The second kappa shape index (κ2) is 7.28. The molecule has 0 spiro atoms. The number of likely N-dealkylation sites (N-methyl/N-ethyl adjacent to an activating group) is 1. The van der Waals surface area contributed by atoms with Crippen LogP contribution in [0.1, 0.15) is 49.5 Å². The van der Waals surface area contributed by atoms with Crippen LogP contribution in [-0.4, -0.2) is 37.1 Å². The van der Waals surface area contributed by atoms with Gasteiger partial charge in [-0.2, -0.15) is 0 Å². The van der Waals surface area contributed by atoms with Gasteiger partial charge in [0.25, 0.3) is 0 Å². The smallest absolute Gasteiger partial charge is 0.338 e. The summed E-state index contributed by atoms with van der Waals surface area (Å²) in [6.07, 6.45) is 2.09. The van der Waals surface area contributed by atoms with E-state index in [9.17, 15) is 4.79 Å². The van der Waals surface area contributed by atoms with Gasteiger partial charge in [-0.15, -0.1) is 0 Å². The van der Waals surface area contributed by atoms with Crippen molar-refractivity contribution in [2.45, 2.75) is 45.1 Å². The van der Waals surface area contributed by atoms with E-state index in [-0.39, 0.29) is 29.9 Å². The van der Waals surface area contributed by atoms with Gasteiger partial charge in [0.1, 0.15) is 6.10 Å². The summed E-state index contributed by atoms with van der Waals surface area (Å²) in [5.74, 6) is -0.203. The highest BCUT2D eigenvalue weighted by molar-refractivity contribution is 5.89. The van der Waals surface area contributed by atoms with E-state index < -0.39 is 0 Å². The maximum atomic E-state index is 12.1. The zero-order valence-electron chi connectivity index (χ0n) is 13.4. The van der Waals surface area contributed by atoms with Crippen molar-refractivity contribution in [3.63, 3.8) is 0 Å². The number of likely N-dealkylation sites (tertiary alicyclic amines) is 1. The third kappa shape index (κ3) is 5.01. The lowest BCUT2D eigenvalue weighted by Gasteiger charge is -2.29. The second-order valence-electron chi connectivity index (χ2n) is 6.76. The molecular formula is C17H25ClNO2-. The summed E-state index contributed by atoms with van der Waals surface area (Å²) in [5, 5.41) is 0. The Kier molecular flexibility index (Phi) is 6.24. The highest BCUT2D eigenvalue weighted by atomic mass is 35.5. The molecular weight excluding hydrogens is 286 g/mol. The highest BCUT2D eigenvalue weighted by Gasteiger charge is 2.22. The van der Waals surface area contributed by atoms with E-state index in [4.69, 9.17) is 4.74 Å². The number of benzene rings is 1. The fourth-order valence-corrected chi connectivity index (χ4v) is 2.54. The summed E-state index contributed by atoms with van der Waals surface area (Å²) >= 11 is 0. The topological polar surface area (TPSA) is 29.5 Å². The molecule has 1 heterocycles. The summed E-state index contributed by atoms with van der Waals surface area (Å²) in [6.45, 7) is 8.43. The Morgan fingerprint density at radius 2 is 1.86 bits per heavy atom. The van der Waals surface area contributed by atoms with Gasteiger partial charge in [0.05, 0.1) is 5.56 Å². The van der Waals surface area contributed by atoms with Crippen molar-refractivity contribution >= 4 is 5.97 Å². The lowest BCUT2D eigenvalue weighted by molar-refractivity contribution is -0.0000831. The van der Waals surface area contributed by atoms with Gasteiger partial charge in [-0.05, 0) is 49.5 Å². The molecule has 2 rings (SSSR count). The molecule has 3 nitrogen and oxygen atoms in total. The van der Waals surface area contributed by atoms with Crippen LogP contribution in [0.3, 0.4) is 0 Å². The van der Waals surface area contributed by atoms with Crippen LogP contribution < -0.4 is 12.4 Å². The molecule has 1 fully saturated rings. The quantitative estimate of drug-likeness (QED) is 0.733. The van der Waals surface area contributed by atoms with E-state index in [0.717, 1.165) is 25.9 Å². The number of hydrogen-bond donors (Lipinski definition) is 0. The van der Waals surface area contributed by atoms with E-state index in [1.54, 1.807) is 0 Å². The Morgan fingerprint density at radius 3 is 2.38 bits per heavy atom. The lowest BCUT2D eigenvalue weighted by atomic mass is 9.87. The van der Waals surface area contributed by atoms with Crippen molar-refractivity contribution in [1.82, 2.24) is 4.90 Å². The molecule has 0 aliphatic carbocycles. The Morgan fingerprint density at radius 1 is 1.24 bits per heavy atom. The summed E-state index contributed by atoms with van der Waals surface area (Å²) in [4.78, 5) is 14.4. The van der Waals surface area contributed by atoms with Crippen molar-refractivity contribution in [2.24, 2.45) is 0 Å². The molecule has 21 heavy (non-hydrogen) atoms. The SMILES string of the molecule is CN1CCCC(OC(=O)c2ccc(C(C)(C)C)cc2)C1.[Cl-]. The van der Waals surface area contributed by atoms with Gasteiger partial charge < -0.3 is 22.0 Å². The molecule has 1 aliphatic rings. The van der Waals surface area contributed by atoms with Crippen LogP contribution in [0.5, 0.6) is 0 Å². The molecule has 118 valence electrons. The number of rotatable bonds is 2. The number of carbonyl (C=O) groups excluding carboxylic acids is 1. The summed E-state index contributed by atoms with van der Waals surface area (Å²) in [5.41, 5.74) is 1.98. The standard InChI is InChI=1S/C17H25NO2.ClH/c1-17(2,3)14-9-7-13(8-10-14)16(19)20-15-6-5-11-18(4)12-15;/h7-10,15H,5-6,11-12H2,1-4H3;1H/p-1. The second-order valence-corrected chi connectivity index (χ2v) is 6.76. The first-order chi connectivity index (χ1) is 9.36.